The molecule has 2 heterocycles. The van der Waals surface area contributed by atoms with Gasteiger partial charge in [0.1, 0.15) is 23.7 Å². The van der Waals surface area contributed by atoms with Gasteiger partial charge >= 0.3 is 0 Å². The fourth-order valence-electron chi connectivity index (χ4n) is 3.24. The summed E-state index contributed by atoms with van der Waals surface area (Å²) in [7, 11) is 1.61. The SMILES string of the molecule is CCSNc1ccc(-c2nn(C(C)(C)C)c(Nc3ccnc(OCCOC)c3)c2C(N)=O)cc1. The minimum Gasteiger partial charge on any atom is -0.475 e. The summed E-state index contributed by atoms with van der Waals surface area (Å²) in [5, 5.41) is 8.13. The molecule has 0 aliphatic rings. The lowest BCUT2D eigenvalue weighted by atomic mass is 10.1. The van der Waals surface area contributed by atoms with Gasteiger partial charge < -0.3 is 25.2 Å². The van der Waals surface area contributed by atoms with Crippen molar-refractivity contribution in [3.05, 3.63) is 48.2 Å². The molecule has 0 unspecified atom stereocenters. The first-order valence-electron chi connectivity index (χ1n) is 11.0. The number of nitrogens with one attached hydrogen (secondary N) is 2. The first-order chi connectivity index (χ1) is 16.2. The zero-order valence-electron chi connectivity index (χ0n) is 20.2. The average molecular weight is 485 g/mol. The Morgan fingerprint density at radius 1 is 1.15 bits per heavy atom. The minimum atomic E-state index is -0.567. The van der Waals surface area contributed by atoms with Crippen molar-refractivity contribution in [1.29, 1.82) is 0 Å². The number of benzene rings is 1. The van der Waals surface area contributed by atoms with E-state index in [2.05, 4.69) is 21.9 Å². The molecule has 0 aliphatic heterocycles. The Morgan fingerprint density at radius 3 is 2.50 bits per heavy atom. The lowest BCUT2D eigenvalue weighted by Gasteiger charge is -2.23. The van der Waals surface area contributed by atoms with Crippen LogP contribution < -0.4 is 20.5 Å². The molecule has 0 saturated heterocycles. The van der Waals surface area contributed by atoms with E-state index in [9.17, 15) is 4.79 Å². The van der Waals surface area contributed by atoms with Crippen LogP contribution in [0.3, 0.4) is 0 Å². The second-order valence-corrected chi connectivity index (χ2v) is 9.55. The van der Waals surface area contributed by atoms with E-state index in [-0.39, 0.29) is 0 Å². The van der Waals surface area contributed by atoms with Crippen LogP contribution in [0, 0.1) is 0 Å². The molecule has 34 heavy (non-hydrogen) atoms. The summed E-state index contributed by atoms with van der Waals surface area (Å²) >= 11 is 1.61. The van der Waals surface area contributed by atoms with Gasteiger partial charge in [-0.3, -0.25) is 4.79 Å². The maximum atomic E-state index is 12.7. The summed E-state index contributed by atoms with van der Waals surface area (Å²) in [5.74, 6) is 1.33. The van der Waals surface area contributed by atoms with E-state index in [1.165, 1.54) is 0 Å². The molecule has 0 spiro atoms. The maximum Gasteiger partial charge on any atom is 0.254 e. The molecule has 0 bridgehead atoms. The Bertz CT molecular complexity index is 1110. The first-order valence-corrected chi connectivity index (χ1v) is 12.0. The Balaban J connectivity index is 2.02. The Kier molecular flexibility index (Phi) is 8.41. The summed E-state index contributed by atoms with van der Waals surface area (Å²) in [6, 6.07) is 11.3. The molecule has 9 nitrogen and oxygen atoms in total. The quantitative estimate of drug-likeness (QED) is 0.266. The molecule has 4 N–H and O–H groups in total. The van der Waals surface area contributed by atoms with E-state index in [0.29, 0.717) is 41.9 Å². The largest absolute Gasteiger partial charge is 0.475 e. The number of hydrogen-bond acceptors (Lipinski definition) is 8. The number of pyridine rings is 1. The number of rotatable bonds is 11. The first kappa shape index (κ1) is 25.4. The van der Waals surface area contributed by atoms with Crippen molar-refractivity contribution in [2.45, 2.75) is 33.2 Å². The summed E-state index contributed by atoms with van der Waals surface area (Å²) in [4.78, 5) is 16.9. The smallest absolute Gasteiger partial charge is 0.254 e. The molecular formula is C24H32N6O3S. The minimum absolute atomic E-state index is 0.317. The van der Waals surface area contributed by atoms with E-state index < -0.39 is 11.4 Å². The number of primary amides is 1. The van der Waals surface area contributed by atoms with Gasteiger partial charge in [0.25, 0.3) is 5.91 Å². The van der Waals surface area contributed by atoms with Crippen LogP contribution in [0.25, 0.3) is 11.3 Å². The molecule has 0 saturated carbocycles. The highest BCUT2D eigenvalue weighted by molar-refractivity contribution is 8.00. The molecule has 1 amide bonds. The van der Waals surface area contributed by atoms with Crippen molar-refractivity contribution < 1.29 is 14.3 Å². The summed E-state index contributed by atoms with van der Waals surface area (Å²) in [5.41, 5.74) is 8.75. The highest BCUT2D eigenvalue weighted by Crippen LogP contribution is 2.35. The molecule has 3 aromatic rings. The number of anilines is 3. The van der Waals surface area contributed by atoms with Crippen molar-refractivity contribution in [3.63, 3.8) is 0 Å². The van der Waals surface area contributed by atoms with Crippen molar-refractivity contribution in [1.82, 2.24) is 14.8 Å². The second-order valence-electron chi connectivity index (χ2n) is 8.48. The van der Waals surface area contributed by atoms with Gasteiger partial charge in [-0.1, -0.05) is 31.0 Å². The van der Waals surface area contributed by atoms with Crippen molar-refractivity contribution >= 4 is 35.0 Å². The van der Waals surface area contributed by atoms with Gasteiger partial charge in [-0.25, -0.2) is 9.67 Å². The second kappa shape index (κ2) is 11.3. The van der Waals surface area contributed by atoms with Crippen molar-refractivity contribution in [2.24, 2.45) is 5.73 Å². The molecule has 0 radical (unpaired) electrons. The Hall–Kier alpha value is -3.24. The van der Waals surface area contributed by atoms with Gasteiger partial charge in [0.2, 0.25) is 5.88 Å². The van der Waals surface area contributed by atoms with Gasteiger partial charge in [0.05, 0.1) is 12.1 Å². The number of carbonyl (C=O) groups is 1. The number of hydrogen-bond donors (Lipinski definition) is 3. The fraction of sp³-hybridized carbons (Fsp3) is 0.375. The van der Waals surface area contributed by atoms with E-state index in [4.69, 9.17) is 20.3 Å². The van der Waals surface area contributed by atoms with E-state index in [1.54, 1.807) is 42.1 Å². The summed E-state index contributed by atoms with van der Waals surface area (Å²) < 4.78 is 15.7. The predicted molar refractivity (Wildman–Crippen MR) is 138 cm³/mol. The molecule has 3 rings (SSSR count). The molecule has 0 atom stereocenters. The van der Waals surface area contributed by atoms with Gasteiger partial charge in [-0.05, 0) is 39.0 Å². The average Bonchev–Trinajstić information content (AvgIpc) is 3.18. The molecule has 0 aliphatic carbocycles. The lowest BCUT2D eigenvalue weighted by Crippen LogP contribution is -2.25. The predicted octanol–water partition coefficient (Wildman–Crippen LogP) is 4.65. The summed E-state index contributed by atoms with van der Waals surface area (Å²) in [6.45, 7) is 8.96. The Labute approximate surface area is 204 Å². The third-order valence-corrected chi connectivity index (χ3v) is 5.46. The van der Waals surface area contributed by atoms with Crippen LogP contribution in [-0.2, 0) is 10.3 Å². The normalized spacial score (nSPS) is 11.3. The summed E-state index contributed by atoms with van der Waals surface area (Å²) in [6.07, 6.45) is 1.63. The van der Waals surface area contributed by atoms with Gasteiger partial charge in [0, 0.05) is 42.1 Å². The van der Waals surface area contributed by atoms with Crippen LogP contribution >= 0.6 is 11.9 Å². The zero-order valence-corrected chi connectivity index (χ0v) is 21.0. The highest BCUT2D eigenvalue weighted by atomic mass is 32.2. The van der Waals surface area contributed by atoms with Gasteiger partial charge in [0.15, 0.2) is 0 Å². The number of nitrogens with zero attached hydrogens (tertiary/aromatic N) is 3. The number of nitrogens with two attached hydrogens (primary N) is 1. The van der Waals surface area contributed by atoms with Crippen LogP contribution in [0.5, 0.6) is 5.88 Å². The van der Waals surface area contributed by atoms with Crippen LogP contribution in [0.2, 0.25) is 0 Å². The highest BCUT2D eigenvalue weighted by Gasteiger charge is 2.29. The van der Waals surface area contributed by atoms with E-state index in [1.807, 2.05) is 45.0 Å². The van der Waals surface area contributed by atoms with Crippen LogP contribution in [0.15, 0.2) is 42.6 Å². The topological polar surface area (TPSA) is 116 Å². The van der Waals surface area contributed by atoms with Gasteiger partial charge in [-0.2, -0.15) is 5.10 Å². The standard InChI is InChI=1S/C24H32N6O3S/c1-6-34-29-17-9-7-16(8-10-17)21-20(22(25)31)23(30(28-21)24(2,3)4)27-18-11-12-26-19(15-18)33-14-13-32-5/h7-12,15,29H,6,13-14H2,1-5H3,(H2,25,31)(H,26,27). The molecule has 0 fully saturated rings. The van der Waals surface area contributed by atoms with Crippen molar-refractivity contribution in [2.75, 3.05) is 36.1 Å². The monoisotopic (exact) mass is 484 g/mol. The third kappa shape index (κ3) is 6.21. The van der Waals surface area contributed by atoms with Gasteiger partial charge in [-0.15, -0.1) is 0 Å². The van der Waals surface area contributed by atoms with E-state index >= 15 is 0 Å². The fourth-order valence-corrected chi connectivity index (χ4v) is 3.69. The van der Waals surface area contributed by atoms with Crippen molar-refractivity contribution in [3.8, 4) is 17.1 Å². The third-order valence-electron chi connectivity index (χ3n) is 4.79. The van der Waals surface area contributed by atoms with Crippen LogP contribution in [0.4, 0.5) is 17.2 Å². The molecule has 10 heteroatoms. The van der Waals surface area contributed by atoms with Crippen LogP contribution in [-0.4, -0.2) is 46.7 Å². The van der Waals surface area contributed by atoms with E-state index in [0.717, 1.165) is 17.0 Å². The number of carbonyl (C=O) groups excluding carboxylic acids is 1. The number of aromatic nitrogens is 3. The van der Waals surface area contributed by atoms with Crippen LogP contribution in [0.1, 0.15) is 38.1 Å². The number of methoxy groups -OCH3 is 1. The Morgan fingerprint density at radius 2 is 1.88 bits per heavy atom. The lowest BCUT2D eigenvalue weighted by molar-refractivity contribution is 0.100. The molecular weight excluding hydrogens is 452 g/mol. The number of amides is 1. The molecule has 182 valence electrons. The molecule has 1 aromatic carbocycles. The zero-order chi connectivity index (χ0) is 24.7. The molecule has 2 aromatic heterocycles. The maximum absolute atomic E-state index is 12.7. The number of ether oxygens (including phenoxy) is 2.